The molecule has 2 heterocycles. The third-order valence-electron chi connectivity index (χ3n) is 5.81. The molecule has 0 fully saturated rings. The fourth-order valence-corrected chi connectivity index (χ4v) is 5.24. The van der Waals surface area contributed by atoms with Crippen molar-refractivity contribution in [3.8, 4) is 5.13 Å². The number of nitrogens with zero attached hydrogens (tertiary/aromatic N) is 3. The number of hydrogen-bond acceptors (Lipinski definition) is 4. The molecular weight excluding hydrogens is 404 g/mol. The smallest absolute Gasteiger partial charge is 0.229 e. The number of carbonyl (C=O) groups excluding carboxylic acids is 1. The van der Waals surface area contributed by atoms with Gasteiger partial charge in [-0.2, -0.15) is 9.78 Å². The first kappa shape index (κ1) is 18.3. The van der Waals surface area contributed by atoms with Gasteiger partial charge in [-0.3, -0.25) is 4.79 Å². The van der Waals surface area contributed by atoms with Gasteiger partial charge in [0.25, 0.3) is 0 Å². The molecule has 5 aromatic rings. The van der Waals surface area contributed by atoms with Crippen LogP contribution in [-0.2, 0) is 24.1 Å². The van der Waals surface area contributed by atoms with E-state index in [1.807, 2.05) is 41.1 Å². The molecule has 1 aliphatic carbocycles. The number of anilines is 1. The number of aryl methyl sites for hydroxylation is 1. The highest BCUT2D eigenvalue weighted by Crippen LogP contribution is 2.33. The predicted molar refractivity (Wildman–Crippen MR) is 125 cm³/mol. The van der Waals surface area contributed by atoms with Crippen LogP contribution in [0.3, 0.4) is 0 Å². The molecule has 2 aromatic heterocycles. The lowest BCUT2D eigenvalue weighted by Crippen LogP contribution is -2.18. The summed E-state index contributed by atoms with van der Waals surface area (Å²) in [5, 5.41) is 11.1. The molecule has 3 aromatic carbocycles. The highest BCUT2D eigenvalue weighted by Gasteiger charge is 2.25. The maximum atomic E-state index is 13.0. The molecule has 1 N–H and O–H groups in total. The van der Waals surface area contributed by atoms with Crippen molar-refractivity contribution in [1.29, 1.82) is 0 Å². The molecule has 0 saturated heterocycles. The molecule has 0 radical (unpaired) electrons. The second-order valence-corrected chi connectivity index (χ2v) is 8.92. The average molecular weight is 425 g/mol. The number of amides is 1. The Hall–Kier alpha value is -3.51. The lowest BCUT2D eigenvalue weighted by Gasteiger charge is -2.09. The van der Waals surface area contributed by atoms with Crippen LogP contribution in [0.1, 0.15) is 23.2 Å². The zero-order valence-electron chi connectivity index (χ0n) is 16.8. The maximum Gasteiger partial charge on any atom is 0.229 e. The Balaban J connectivity index is 1.32. The molecule has 6 heteroatoms. The van der Waals surface area contributed by atoms with Gasteiger partial charge in [-0.05, 0) is 47.7 Å². The largest absolute Gasteiger partial charge is 0.310 e. The second kappa shape index (κ2) is 7.32. The first-order valence-electron chi connectivity index (χ1n) is 10.5. The normalized spacial score (nSPS) is 13.0. The minimum Gasteiger partial charge on any atom is -0.310 e. The van der Waals surface area contributed by atoms with Crippen LogP contribution in [0.2, 0.25) is 0 Å². The first-order valence-corrected chi connectivity index (χ1v) is 11.3. The van der Waals surface area contributed by atoms with Crippen molar-refractivity contribution in [2.24, 2.45) is 0 Å². The Bertz CT molecular complexity index is 1420. The standard InChI is InChI=1S/C25H20N4OS/c30-23(15-16-12-13-17-6-1-2-7-18(17)14-16)27-24-19-8-5-10-20(19)28-29(24)25-26-21-9-3-4-11-22(21)31-25/h1-4,6-7,9,11-14H,5,8,10,15H2,(H,27,30). The summed E-state index contributed by atoms with van der Waals surface area (Å²) in [5.74, 6) is 0.740. The summed E-state index contributed by atoms with van der Waals surface area (Å²) >= 11 is 1.59. The van der Waals surface area contributed by atoms with Crippen molar-refractivity contribution in [1.82, 2.24) is 14.8 Å². The number of carbonyl (C=O) groups is 1. The number of rotatable bonds is 4. The van der Waals surface area contributed by atoms with E-state index in [0.29, 0.717) is 6.42 Å². The van der Waals surface area contributed by atoms with E-state index >= 15 is 0 Å². The molecule has 0 aliphatic heterocycles. The van der Waals surface area contributed by atoms with Gasteiger partial charge in [-0.25, -0.2) is 4.98 Å². The van der Waals surface area contributed by atoms with Crippen molar-refractivity contribution in [2.45, 2.75) is 25.7 Å². The third-order valence-corrected chi connectivity index (χ3v) is 6.82. The van der Waals surface area contributed by atoms with E-state index < -0.39 is 0 Å². The number of nitrogens with one attached hydrogen (secondary N) is 1. The number of benzene rings is 3. The van der Waals surface area contributed by atoms with Crippen LogP contribution in [0.25, 0.3) is 26.1 Å². The van der Waals surface area contributed by atoms with Crippen molar-refractivity contribution >= 4 is 44.1 Å². The third kappa shape index (κ3) is 3.29. The van der Waals surface area contributed by atoms with Gasteiger partial charge in [0, 0.05) is 5.56 Å². The molecule has 1 amide bonds. The van der Waals surface area contributed by atoms with Gasteiger partial charge in [0.05, 0.1) is 22.3 Å². The molecule has 1 aliphatic rings. The van der Waals surface area contributed by atoms with Gasteiger partial charge in [-0.1, -0.05) is 65.9 Å². The molecule has 5 nitrogen and oxygen atoms in total. The Morgan fingerprint density at radius 1 is 1.00 bits per heavy atom. The first-order chi connectivity index (χ1) is 15.2. The van der Waals surface area contributed by atoms with Crippen LogP contribution < -0.4 is 5.32 Å². The number of aromatic nitrogens is 3. The van der Waals surface area contributed by atoms with E-state index in [2.05, 4.69) is 35.6 Å². The Kier molecular flexibility index (Phi) is 4.32. The van der Waals surface area contributed by atoms with E-state index in [9.17, 15) is 4.79 Å². The summed E-state index contributed by atoms with van der Waals surface area (Å²) in [6.07, 6.45) is 3.28. The molecule has 152 valence electrons. The van der Waals surface area contributed by atoms with Gasteiger partial charge in [-0.15, -0.1) is 0 Å². The maximum absolute atomic E-state index is 13.0. The average Bonchev–Trinajstić information content (AvgIpc) is 3.49. The van der Waals surface area contributed by atoms with Crippen LogP contribution in [0.5, 0.6) is 0 Å². The predicted octanol–water partition coefficient (Wildman–Crippen LogP) is 5.31. The van der Waals surface area contributed by atoms with E-state index in [1.54, 1.807) is 11.3 Å². The molecule has 6 rings (SSSR count). The summed E-state index contributed by atoms with van der Waals surface area (Å²) in [5.41, 5.74) is 4.16. The van der Waals surface area contributed by atoms with Gasteiger partial charge < -0.3 is 5.32 Å². The van der Waals surface area contributed by atoms with E-state index in [-0.39, 0.29) is 5.91 Å². The summed E-state index contributed by atoms with van der Waals surface area (Å²) in [6.45, 7) is 0. The van der Waals surface area contributed by atoms with Gasteiger partial charge in [0.2, 0.25) is 11.0 Å². The van der Waals surface area contributed by atoms with Gasteiger partial charge >= 0.3 is 0 Å². The number of para-hydroxylation sites is 1. The number of thiazole rings is 1. The molecule has 0 bridgehead atoms. The second-order valence-electron chi connectivity index (χ2n) is 7.91. The molecule has 0 saturated carbocycles. The van der Waals surface area contributed by atoms with Crippen LogP contribution in [0.4, 0.5) is 5.82 Å². The SMILES string of the molecule is O=C(Cc1ccc2ccccc2c1)Nc1c2c(nn1-c1nc3ccccc3s1)CCC2. The molecule has 0 spiro atoms. The molecule has 0 atom stereocenters. The van der Waals surface area contributed by atoms with Crippen molar-refractivity contribution in [3.05, 3.63) is 83.6 Å². The quantitative estimate of drug-likeness (QED) is 0.426. The molecule has 0 unspecified atom stereocenters. The summed E-state index contributed by atoms with van der Waals surface area (Å²) in [6, 6.07) is 22.5. The lowest BCUT2D eigenvalue weighted by atomic mass is 10.0. The minimum absolute atomic E-state index is 0.0350. The fourth-order valence-electron chi connectivity index (χ4n) is 4.32. The monoisotopic (exact) mass is 424 g/mol. The lowest BCUT2D eigenvalue weighted by molar-refractivity contribution is -0.115. The van der Waals surface area contributed by atoms with Gasteiger partial charge in [0.1, 0.15) is 5.82 Å². The van der Waals surface area contributed by atoms with Crippen molar-refractivity contribution < 1.29 is 4.79 Å². The highest BCUT2D eigenvalue weighted by molar-refractivity contribution is 7.20. The highest BCUT2D eigenvalue weighted by atomic mass is 32.1. The van der Waals surface area contributed by atoms with Crippen LogP contribution >= 0.6 is 11.3 Å². The number of hydrogen-bond donors (Lipinski definition) is 1. The number of fused-ring (bicyclic) bond motifs is 3. The van der Waals surface area contributed by atoms with Crippen molar-refractivity contribution in [2.75, 3.05) is 5.32 Å². The summed E-state index contributed by atoms with van der Waals surface area (Å²) in [4.78, 5) is 17.8. The minimum atomic E-state index is -0.0350. The zero-order valence-corrected chi connectivity index (χ0v) is 17.7. The Labute approximate surface area is 183 Å². The van der Waals surface area contributed by atoms with Crippen LogP contribution in [0, 0.1) is 0 Å². The van der Waals surface area contributed by atoms with Crippen molar-refractivity contribution in [3.63, 3.8) is 0 Å². The zero-order chi connectivity index (χ0) is 20.8. The Morgan fingerprint density at radius 2 is 1.84 bits per heavy atom. The topological polar surface area (TPSA) is 59.8 Å². The van der Waals surface area contributed by atoms with Gasteiger partial charge in [0.15, 0.2) is 0 Å². The Morgan fingerprint density at radius 3 is 2.74 bits per heavy atom. The van der Waals surface area contributed by atoms with Crippen LogP contribution in [0.15, 0.2) is 66.7 Å². The summed E-state index contributed by atoms with van der Waals surface area (Å²) < 4.78 is 2.94. The molecular formula is C25H20N4OS. The summed E-state index contributed by atoms with van der Waals surface area (Å²) in [7, 11) is 0. The van der Waals surface area contributed by atoms with E-state index in [0.717, 1.165) is 62.6 Å². The van der Waals surface area contributed by atoms with Crippen LogP contribution in [-0.4, -0.2) is 20.7 Å². The fraction of sp³-hybridized carbons (Fsp3) is 0.160. The van der Waals surface area contributed by atoms with E-state index in [4.69, 9.17) is 10.1 Å². The van der Waals surface area contributed by atoms with E-state index in [1.165, 1.54) is 5.39 Å². The molecule has 31 heavy (non-hydrogen) atoms.